The number of nitrogens with two attached hydrogens (primary N) is 1. The normalized spacial score (nSPS) is 21.8. The average molecular weight is 398 g/mol. The molecule has 4 nitrogen and oxygen atoms in total. The fraction of sp³-hybridized carbons (Fsp3) is 0.500. The van der Waals surface area contributed by atoms with Gasteiger partial charge in [-0.05, 0) is 47.0 Å². The van der Waals surface area contributed by atoms with E-state index in [0.29, 0.717) is 23.7 Å². The zero-order chi connectivity index (χ0) is 14.7. The van der Waals surface area contributed by atoms with E-state index in [2.05, 4.69) is 15.9 Å². The second-order valence-corrected chi connectivity index (χ2v) is 6.16. The summed E-state index contributed by atoms with van der Waals surface area (Å²) in [7, 11) is 1.70. The maximum absolute atomic E-state index is 12.6. The first kappa shape index (κ1) is 18.7. The van der Waals surface area contributed by atoms with Gasteiger partial charge in [-0.25, -0.2) is 0 Å². The molecular formula is C14H19BrCl2N2O2. The number of rotatable bonds is 3. The maximum Gasteiger partial charge on any atom is 0.254 e. The molecule has 1 saturated heterocycles. The van der Waals surface area contributed by atoms with E-state index in [1.807, 2.05) is 4.90 Å². The van der Waals surface area contributed by atoms with Crippen molar-refractivity contribution in [2.75, 3.05) is 20.2 Å². The van der Waals surface area contributed by atoms with Gasteiger partial charge in [0.15, 0.2) is 0 Å². The molecule has 0 aliphatic carbocycles. The number of halogens is 3. The number of carbonyl (C=O) groups is 1. The van der Waals surface area contributed by atoms with Crippen molar-refractivity contribution in [1.82, 2.24) is 4.90 Å². The van der Waals surface area contributed by atoms with Crippen molar-refractivity contribution in [1.29, 1.82) is 0 Å². The van der Waals surface area contributed by atoms with Crippen molar-refractivity contribution in [2.45, 2.75) is 25.0 Å². The van der Waals surface area contributed by atoms with Crippen LogP contribution in [0.4, 0.5) is 0 Å². The predicted molar refractivity (Wildman–Crippen MR) is 90.3 cm³/mol. The smallest absolute Gasteiger partial charge is 0.254 e. The number of carbonyl (C=O) groups excluding carboxylic acids is 1. The van der Waals surface area contributed by atoms with Crippen LogP contribution in [-0.2, 0) is 4.74 Å². The number of hydrogen-bond donors (Lipinski definition) is 1. The Morgan fingerprint density at radius 1 is 1.57 bits per heavy atom. The molecule has 1 fully saturated rings. The lowest BCUT2D eigenvalue weighted by molar-refractivity contribution is 0.0139. The SMILES string of the molecule is COC1CCN(C(=O)c2ccc(Br)c(Cl)c2)C(CN)C1.Cl. The third kappa shape index (κ3) is 4.33. The molecule has 0 bridgehead atoms. The van der Waals surface area contributed by atoms with Crippen LogP contribution in [0.5, 0.6) is 0 Å². The number of nitrogens with zero attached hydrogens (tertiary/aromatic N) is 1. The first-order valence-corrected chi connectivity index (χ1v) is 7.72. The highest BCUT2D eigenvalue weighted by Crippen LogP contribution is 2.26. The minimum absolute atomic E-state index is 0. The van der Waals surface area contributed by atoms with Crippen LogP contribution in [0.1, 0.15) is 23.2 Å². The van der Waals surface area contributed by atoms with E-state index in [9.17, 15) is 4.79 Å². The van der Waals surface area contributed by atoms with Crippen LogP contribution in [0.3, 0.4) is 0 Å². The zero-order valence-electron chi connectivity index (χ0n) is 11.7. The van der Waals surface area contributed by atoms with E-state index >= 15 is 0 Å². The summed E-state index contributed by atoms with van der Waals surface area (Å²) in [6.45, 7) is 1.10. The quantitative estimate of drug-likeness (QED) is 0.852. The highest BCUT2D eigenvalue weighted by atomic mass is 79.9. The Kier molecular flexibility index (Phi) is 7.44. The topological polar surface area (TPSA) is 55.6 Å². The van der Waals surface area contributed by atoms with Crippen molar-refractivity contribution in [3.05, 3.63) is 33.3 Å². The molecule has 1 amide bonds. The number of ether oxygens (including phenoxy) is 1. The first-order valence-electron chi connectivity index (χ1n) is 6.55. The molecule has 1 aromatic carbocycles. The van der Waals surface area contributed by atoms with E-state index in [1.165, 1.54) is 0 Å². The molecule has 0 aromatic heterocycles. The molecular weight excluding hydrogens is 379 g/mol. The number of likely N-dealkylation sites (tertiary alicyclic amines) is 1. The van der Waals surface area contributed by atoms with Crippen LogP contribution < -0.4 is 5.73 Å². The van der Waals surface area contributed by atoms with Crippen molar-refractivity contribution in [3.63, 3.8) is 0 Å². The first-order chi connectivity index (χ1) is 9.56. The van der Waals surface area contributed by atoms with Crippen LogP contribution in [-0.4, -0.2) is 43.2 Å². The van der Waals surface area contributed by atoms with Crippen LogP contribution >= 0.6 is 39.9 Å². The predicted octanol–water partition coefficient (Wildman–Crippen LogP) is 3.10. The molecule has 0 radical (unpaired) electrons. The van der Waals surface area contributed by atoms with Crippen LogP contribution in [0, 0.1) is 0 Å². The summed E-state index contributed by atoms with van der Waals surface area (Å²) in [5, 5.41) is 0.534. The van der Waals surface area contributed by atoms with Crippen LogP contribution in [0.2, 0.25) is 5.02 Å². The second kappa shape index (κ2) is 8.34. The van der Waals surface area contributed by atoms with E-state index in [0.717, 1.165) is 17.3 Å². The van der Waals surface area contributed by atoms with Gasteiger partial charge in [0, 0.05) is 36.3 Å². The largest absolute Gasteiger partial charge is 0.381 e. The van der Waals surface area contributed by atoms with Gasteiger partial charge in [0.05, 0.1) is 11.1 Å². The molecule has 0 spiro atoms. The Bertz CT molecular complexity index is 502. The lowest BCUT2D eigenvalue weighted by Gasteiger charge is -2.38. The van der Waals surface area contributed by atoms with Crippen molar-refractivity contribution in [2.24, 2.45) is 5.73 Å². The lowest BCUT2D eigenvalue weighted by Crippen LogP contribution is -2.51. The minimum Gasteiger partial charge on any atom is -0.381 e. The van der Waals surface area contributed by atoms with E-state index in [1.54, 1.807) is 25.3 Å². The molecule has 21 heavy (non-hydrogen) atoms. The Hall–Kier alpha value is -0.330. The number of methoxy groups -OCH3 is 1. The Balaban J connectivity index is 0.00000220. The standard InChI is InChI=1S/C14H18BrClN2O2.ClH/c1-20-11-4-5-18(10(7-11)8-17)14(19)9-2-3-12(15)13(16)6-9;/h2-3,6,10-11H,4-5,7-8,17H2,1H3;1H. The summed E-state index contributed by atoms with van der Waals surface area (Å²) in [6.07, 6.45) is 1.80. The summed E-state index contributed by atoms with van der Waals surface area (Å²) < 4.78 is 6.15. The summed E-state index contributed by atoms with van der Waals surface area (Å²) in [5.41, 5.74) is 6.39. The fourth-order valence-corrected chi connectivity index (χ4v) is 2.94. The number of amides is 1. The van der Waals surface area contributed by atoms with E-state index in [-0.39, 0.29) is 30.5 Å². The highest BCUT2D eigenvalue weighted by molar-refractivity contribution is 9.10. The Morgan fingerprint density at radius 3 is 2.86 bits per heavy atom. The van der Waals surface area contributed by atoms with Gasteiger partial charge >= 0.3 is 0 Å². The number of benzene rings is 1. The highest BCUT2D eigenvalue weighted by Gasteiger charge is 2.31. The lowest BCUT2D eigenvalue weighted by atomic mass is 9.98. The Morgan fingerprint density at radius 2 is 2.29 bits per heavy atom. The summed E-state index contributed by atoms with van der Waals surface area (Å²) in [6, 6.07) is 5.26. The fourth-order valence-electron chi connectivity index (χ4n) is 2.51. The van der Waals surface area contributed by atoms with Gasteiger partial charge in [-0.15, -0.1) is 12.4 Å². The minimum atomic E-state index is -0.0237. The van der Waals surface area contributed by atoms with Crippen molar-refractivity contribution >= 4 is 45.8 Å². The number of hydrogen-bond acceptors (Lipinski definition) is 3. The molecule has 2 atom stereocenters. The molecule has 1 heterocycles. The summed E-state index contributed by atoms with van der Waals surface area (Å²) in [5.74, 6) is -0.0237. The molecule has 2 unspecified atom stereocenters. The maximum atomic E-state index is 12.6. The average Bonchev–Trinajstić information content (AvgIpc) is 2.48. The number of piperidine rings is 1. The molecule has 118 valence electrons. The Labute approximate surface area is 144 Å². The molecule has 1 aliphatic rings. The van der Waals surface area contributed by atoms with Crippen LogP contribution in [0.25, 0.3) is 0 Å². The third-order valence-corrected chi connectivity index (χ3v) is 4.93. The van der Waals surface area contributed by atoms with Gasteiger partial charge in [0.25, 0.3) is 5.91 Å². The van der Waals surface area contributed by atoms with Gasteiger partial charge in [-0.2, -0.15) is 0 Å². The van der Waals surface area contributed by atoms with Gasteiger partial charge in [0.2, 0.25) is 0 Å². The molecule has 7 heteroatoms. The summed E-state index contributed by atoms with van der Waals surface area (Å²) in [4.78, 5) is 14.4. The molecule has 0 saturated carbocycles. The molecule has 2 N–H and O–H groups in total. The summed E-state index contributed by atoms with van der Waals surface area (Å²) >= 11 is 9.37. The monoisotopic (exact) mass is 396 g/mol. The molecule has 1 aliphatic heterocycles. The van der Waals surface area contributed by atoms with Gasteiger partial charge in [-0.1, -0.05) is 11.6 Å². The van der Waals surface area contributed by atoms with E-state index in [4.69, 9.17) is 22.1 Å². The van der Waals surface area contributed by atoms with Crippen molar-refractivity contribution < 1.29 is 9.53 Å². The molecule has 1 aromatic rings. The van der Waals surface area contributed by atoms with E-state index < -0.39 is 0 Å². The third-order valence-electron chi connectivity index (χ3n) is 3.70. The van der Waals surface area contributed by atoms with Crippen LogP contribution in [0.15, 0.2) is 22.7 Å². The molecule has 2 rings (SSSR count). The van der Waals surface area contributed by atoms with Gasteiger partial charge in [-0.3, -0.25) is 4.79 Å². The van der Waals surface area contributed by atoms with Gasteiger partial charge < -0.3 is 15.4 Å². The zero-order valence-corrected chi connectivity index (χ0v) is 14.9. The van der Waals surface area contributed by atoms with Gasteiger partial charge in [0.1, 0.15) is 0 Å². The second-order valence-electron chi connectivity index (χ2n) is 4.90. The van der Waals surface area contributed by atoms with Crippen molar-refractivity contribution in [3.8, 4) is 0 Å².